The third-order valence-corrected chi connectivity index (χ3v) is 8.98. The van der Waals surface area contributed by atoms with E-state index in [1.165, 1.54) is 5.56 Å². The van der Waals surface area contributed by atoms with Gasteiger partial charge in [-0.15, -0.1) is 0 Å². The number of aromatic nitrogens is 2. The van der Waals surface area contributed by atoms with Gasteiger partial charge in [-0.3, -0.25) is 24.2 Å². The average Bonchev–Trinajstić information content (AvgIpc) is 3.12. The lowest BCUT2D eigenvalue weighted by molar-refractivity contribution is -0.378. The SMILES string of the molecule is CCC[C@H](NC(=O)C(NC(=O)c1cc[nH+]cc1)C(C)CC)C(=O)NC(CCC(=O)NC(CCCc1ccccc1)c1ccccn1)CC(C)C. The highest BCUT2D eigenvalue weighted by Crippen LogP contribution is 2.19. The molecule has 50 heavy (non-hydrogen) atoms. The second kappa shape index (κ2) is 21.5. The normalized spacial score (nSPS) is 14.1. The summed E-state index contributed by atoms with van der Waals surface area (Å²) >= 11 is 0. The van der Waals surface area contributed by atoms with Crippen molar-refractivity contribution in [3.63, 3.8) is 0 Å². The van der Waals surface area contributed by atoms with E-state index in [-0.39, 0.29) is 48.1 Å². The van der Waals surface area contributed by atoms with Gasteiger partial charge in [-0.1, -0.05) is 83.9 Å². The fraction of sp³-hybridized carbons (Fsp3) is 0.500. The van der Waals surface area contributed by atoms with Crippen molar-refractivity contribution in [2.75, 3.05) is 0 Å². The molecular formula is C40H57N6O4+. The summed E-state index contributed by atoms with van der Waals surface area (Å²) in [6.07, 6.45) is 10.8. The summed E-state index contributed by atoms with van der Waals surface area (Å²) in [4.78, 5) is 60.9. The molecule has 0 saturated heterocycles. The lowest BCUT2D eigenvalue weighted by Gasteiger charge is -2.28. The summed E-state index contributed by atoms with van der Waals surface area (Å²) in [6.45, 7) is 9.99. The first-order valence-electron chi connectivity index (χ1n) is 18.2. The number of carbonyl (C=O) groups is 4. The summed E-state index contributed by atoms with van der Waals surface area (Å²) in [7, 11) is 0. The Bertz CT molecular complexity index is 1450. The van der Waals surface area contributed by atoms with E-state index in [0.717, 1.165) is 25.0 Å². The molecule has 5 atom stereocenters. The summed E-state index contributed by atoms with van der Waals surface area (Å²) < 4.78 is 0. The van der Waals surface area contributed by atoms with Gasteiger partial charge < -0.3 is 21.3 Å². The fourth-order valence-corrected chi connectivity index (χ4v) is 6.01. The predicted octanol–water partition coefficient (Wildman–Crippen LogP) is 5.52. The van der Waals surface area contributed by atoms with E-state index in [2.05, 4.69) is 57.2 Å². The van der Waals surface area contributed by atoms with Crippen LogP contribution in [0.4, 0.5) is 0 Å². The molecule has 0 aliphatic heterocycles. The highest BCUT2D eigenvalue weighted by atomic mass is 16.2. The molecule has 0 fully saturated rings. The van der Waals surface area contributed by atoms with Crippen molar-refractivity contribution in [1.82, 2.24) is 26.3 Å². The Morgan fingerprint density at radius 1 is 0.780 bits per heavy atom. The zero-order valence-corrected chi connectivity index (χ0v) is 30.4. The number of pyridine rings is 2. The molecule has 270 valence electrons. The quantitative estimate of drug-likeness (QED) is 0.117. The molecule has 10 nitrogen and oxygen atoms in total. The van der Waals surface area contributed by atoms with Crippen LogP contribution < -0.4 is 26.3 Å². The number of carbonyl (C=O) groups excluding carboxylic acids is 4. The zero-order valence-electron chi connectivity index (χ0n) is 30.4. The zero-order chi connectivity index (χ0) is 36.3. The maximum absolute atomic E-state index is 13.7. The van der Waals surface area contributed by atoms with Crippen molar-refractivity contribution >= 4 is 23.6 Å². The number of hydrogen-bond acceptors (Lipinski definition) is 5. The topological polar surface area (TPSA) is 143 Å². The molecule has 0 radical (unpaired) electrons. The van der Waals surface area contributed by atoms with Crippen molar-refractivity contribution in [2.24, 2.45) is 11.8 Å². The van der Waals surface area contributed by atoms with Gasteiger partial charge in [0, 0.05) is 30.8 Å². The third kappa shape index (κ3) is 13.7. The van der Waals surface area contributed by atoms with E-state index in [9.17, 15) is 19.2 Å². The average molecular weight is 686 g/mol. The van der Waals surface area contributed by atoms with Crippen LogP contribution in [0.5, 0.6) is 0 Å². The Hall–Kier alpha value is -4.60. The number of H-pyrrole nitrogens is 1. The molecule has 2 aromatic heterocycles. The first-order valence-corrected chi connectivity index (χ1v) is 18.2. The van der Waals surface area contributed by atoms with Crippen LogP contribution in [-0.2, 0) is 20.8 Å². The molecule has 2 heterocycles. The molecule has 3 rings (SSSR count). The Kier molecular flexibility index (Phi) is 17.1. The van der Waals surface area contributed by atoms with Crippen molar-refractivity contribution in [1.29, 1.82) is 0 Å². The van der Waals surface area contributed by atoms with E-state index < -0.39 is 18.0 Å². The summed E-state index contributed by atoms with van der Waals surface area (Å²) in [6, 6.07) is 17.3. The Labute approximate surface area is 298 Å². The largest absolute Gasteiger partial charge is 0.352 e. The Morgan fingerprint density at radius 3 is 2.14 bits per heavy atom. The maximum Gasteiger partial charge on any atom is 0.252 e. The van der Waals surface area contributed by atoms with Crippen molar-refractivity contribution in [3.8, 4) is 0 Å². The first-order chi connectivity index (χ1) is 24.1. The number of nitrogens with zero attached hydrogens (tertiary/aromatic N) is 1. The number of aromatic amines is 1. The summed E-state index contributed by atoms with van der Waals surface area (Å²) in [5.74, 6) is -0.997. The maximum atomic E-state index is 13.7. The van der Waals surface area contributed by atoms with Crippen LogP contribution >= 0.6 is 0 Å². The van der Waals surface area contributed by atoms with Crippen LogP contribution in [-0.4, -0.2) is 46.7 Å². The standard InChI is InChI=1S/C40H56N6O4/c1-6-14-35(45-40(50)37(29(5)7-2)46-38(48)31-22-25-41-26-23-31)39(49)43-32(27-28(3)4)20-21-36(47)44-34(33-18-11-12-24-42-33)19-13-17-30-15-9-8-10-16-30/h8-12,15-16,18,22-26,28-29,32,34-35,37H,6-7,13-14,17,19-21,27H2,1-5H3,(H,43,49)(H,44,47)(H,45,50)(H,46,48)/p+1/t29?,32?,34?,35-,37?/m0/s1. The number of hydrogen-bond donors (Lipinski definition) is 4. The van der Waals surface area contributed by atoms with Gasteiger partial charge in [0.05, 0.1) is 17.3 Å². The molecule has 0 saturated carbocycles. The van der Waals surface area contributed by atoms with Gasteiger partial charge in [0.2, 0.25) is 17.7 Å². The lowest BCUT2D eigenvalue weighted by Crippen LogP contribution is -2.56. The van der Waals surface area contributed by atoms with Crippen LogP contribution in [0, 0.1) is 11.8 Å². The number of amides is 4. The molecule has 4 amide bonds. The summed E-state index contributed by atoms with van der Waals surface area (Å²) in [5.41, 5.74) is 2.52. The van der Waals surface area contributed by atoms with Gasteiger partial charge in [0.15, 0.2) is 12.4 Å². The molecule has 0 bridgehead atoms. The number of aryl methyl sites for hydroxylation is 1. The van der Waals surface area contributed by atoms with Gasteiger partial charge in [-0.2, -0.15) is 0 Å². The van der Waals surface area contributed by atoms with Crippen LogP contribution in [0.1, 0.15) is 114 Å². The number of nitrogens with one attached hydrogen (secondary N) is 5. The highest BCUT2D eigenvalue weighted by Gasteiger charge is 2.31. The molecule has 3 aromatic rings. The van der Waals surface area contributed by atoms with E-state index >= 15 is 0 Å². The van der Waals surface area contributed by atoms with Gasteiger partial charge in [0.1, 0.15) is 12.1 Å². The minimum Gasteiger partial charge on any atom is -0.352 e. The second-order valence-electron chi connectivity index (χ2n) is 13.6. The molecule has 5 N–H and O–H groups in total. The third-order valence-electron chi connectivity index (χ3n) is 8.98. The fourth-order valence-electron chi connectivity index (χ4n) is 6.01. The predicted molar refractivity (Wildman–Crippen MR) is 196 cm³/mol. The van der Waals surface area contributed by atoms with E-state index in [0.29, 0.717) is 37.7 Å². The van der Waals surface area contributed by atoms with Gasteiger partial charge in [-0.25, -0.2) is 4.98 Å². The Balaban J connectivity index is 1.63. The van der Waals surface area contributed by atoms with Crippen molar-refractivity contribution < 1.29 is 24.2 Å². The lowest BCUT2D eigenvalue weighted by atomic mass is 9.96. The molecule has 10 heteroatoms. The monoisotopic (exact) mass is 685 g/mol. The van der Waals surface area contributed by atoms with Gasteiger partial charge in [-0.05, 0) is 68.1 Å². The van der Waals surface area contributed by atoms with E-state index in [4.69, 9.17) is 0 Å². The minimum atomic E-state index is -0.807. The molecule has 4 unspecified atom stereocenters. The number of benzene rings is 1. The Morgan fingerprint density at radius 2 is 1.50 bits per heavy atom. The number of rotatable bonds is 21. The van der Waals surface area contributed by atoms with E-state index in [1.54, 1.807) is 30.7 Å². The molecule has 0 spiro atoms. The van der Waals surface area contributed by atoms with E-state index in [1.807, 2.05) is 57.2 Å². The molecule has 0 aliphatic rings. The molecule has 0 aliphatic carbocycles. The first kappa shape index (κ1) is 39.8. The minimum absolute atomic E-state index is 0.0924. The highest BCUT2D eigenvalue weighted by molar-refractivity contribution is 5.98. The molecular weight excluding hydrogens is 628 g/mol. The summed E-state index contributed by atoms with van der Waals surface area (Å²) in [5, 5.41) is 12.1. The van der Waals surface area contributed by atoms with Crippen LogP contribution in [0.2, 0.25) is 0 Å². The van der Waals surface area contributed by atoms with Crippen molar-refractivity contribution in [3.05, 3.63) is 96.1 Å². The second-order valence-corrected chi connectivity index (χ2v) is 13.6. The van der Waals surface area contributed by atoms with Gasteiger partial charge in [0.25, 0.3) is 5.91 Å². The van der Waals surface area contributed by atoms with Crippen LogP contribution in [0.25, 0.3) is 0 Å². The van der Waals surface area contributed by atoms with Crippen LogP contribution in [0.3, 0.4) is 0 Å². The van der Waals surface area contributed by atoms with Gasteiger partial charge >= 0.3 is 0 Å². The smallest absolute Gasteiger partial charge is 0.252 e. The van der Waals surface area contributed by atoms with Crippen molar-refractivity contribution in [2.45, 2.75) is 117 Å². The molecule has 1 aromatic carbocycles. The van der Waals surface area contributed by atoms with Crippen LogP contribution in [0.15, 0.2) is 79.3 Å².